The number of phosphoric ester groups is 1. The lowest BCUT2D eigenvalue weighted by molar-refractivity contribution is -0.147. The highest BCUT2D eigenvalue weighted by Crippen LogP contribution is 2.43. The Morgan fingerprint density at radius 2 is 1.02 bits per heavy atom. The van der Waals surface area contributed by atoms with Crippen LogP contribution in [0.4, 0.5) is 0 Å². The van der Waals surface area contributed by atoms with E-state index in [0.717, 1.165) is 77.0 Å². The van der Waals surface area contributed by atoms with Crippen LogP contribution >= 0.6 is 7.82 Å². The third-order valence-corrected chi connectivity index (χ3v) is 9.79. The van der Waals surface area contributed by atoms with E-state index in [4.69, 9.17) is 13.8 Å². The number of aliphatic hydroxyl groups is 1. The van der Waals surface area contributed by atoms with Crippen molar-refractivity contribution in [1.29, 1.82) is 0 Å². The van der Waals surface area contributed by atoms with Gasteiger partial charge in [0.05, 0.1) is 13.2 Å². The molecule has 55 heavy (non-hydrogen) atoms. The second kappa shape index (κ2) is 38.3. The lowest BCUT2D eigenvalue weighted by atomic mass is 10.1. The van der Waals surface area contributed by atoms with Gasteiger partial charge in [-0.3, -0.25) is 18.6 Å². The Kier molecular flexibility index (Phi) is 36.5. The monoisotopic (exact) mass is 798 g/mol. The van der Waals surface area contributed by atoms with Gasteiger partial charge in [-0.05, 0) is 70.6 Å². The zero-order valence-corrected chi connectivity index (χ0v) is 35.1. The summed E-state index contributed by atoms with van der Waals surface area (Å²) in [6.07, 6.45) is 41.3. The van der Waals surface area contributed by atoms with Crippen molar-refractivity contribution in [3.05, 3.63) is 48.6 Å². The summed E-state index contributed by atoms with van der Waals surface area (Å²) in [5.74, 6) is -2.40. The standard InChI is InChI=1S/C43H76NO10P/c1-3-5-7-9-11-13-15-17-19-20-21-23-25-27-29-31-33-35-42(47)52-36-39(45)37-53-55(50,51)54-38-40(43(48)49)44-41(46)34-32-30-28-26-24-22-18-16-14-12-10-8-6-4-2/h10-13,16-19,39-40,45H,3-9,14-15,20-38H2,1-2H3,(H,44,46)(H,48,49)(H,50,51)/b12-10-,13-11-,18-16-,19-17-. The van der Waals surface area contributed by atoms with E-state index in [0.29, 0.717) is 12.8 Å². The highest BCUT2D eigenvalue weighted by molar-refractivity contribution is 7.47. The highest BCUT2D eigenvalue weighted by atomic mass is 31.2. The number of ether oxygens (including phenoxy) is 1. The second-order valence-corrected chi connectivity index (χ2v) is 15.6. The van der Waals surface area contributed by atoms with Crippen LogP contribution in [0.3, 0.4) is 0 Å². The first-order valence-corrected chi connectivity index (χ1v) is 22.7. The van der Waals surface area contributed by atoms with Crippen LogP contribution in [0, 0.1) is 0 Å². The van der Waals surface area contributed by atoms with E-state index < -0.39 is 57.6 Å². The molecule has 0 aromatic rings. The van der Waals surface area contributed by atoms with Crippen LogP contribution in [0.5, 0.6) is 0 Å². The molecule has 0 saturated heterocycles. The van der Waals surface area contributed by atoms with Gasteiger partial charge in [-0.15, -0.1) is 0 Å². The first-order chi connectivity index (χ1) is 26.6. The average Bonchev–Trinajstić information content (AvgIpc) is 3.16. The first kappa shape index (κ1) is 52.4. The Morgan fingerprint density at radius 3 is 1.53 bits per heavy atom. The van der Waals surface area contributed by atoms with Gasteiger partial charge in [0.2, 0.25) is 5.91 Å². The fourth-order valence-corrected chi connectivity index (χ4v) is 6.25. The lowest BCUT2D eigenvalue weighted by Gasteiger charge is -2.18. The third kappa shape index (κ3) is 38.1. The molecular weight excluding hydrogens is 721 g/mol. The number of hydrogen-bond donors (Lipinski definition) is 4. The summed E-state index contributed by atoms with van der Waals surface area (Å²) in [5.41, 5.74) is 0. The number of allylic oxidation sites excluding steroid dienone is 8. The predicted octanol–water partition coefficient (Wildman–Crippen LogP) is 10.6. The van der Waals surface area contributed by atoms with Crippen LogP contribution in [0.15, 0.2) is 48.6 Å². The molecule has 0 saturated carbocycles. The second-order valence-electron chi connectivity index (χ2n) is 14.2. The molecule has 0 spiro atoms. The summed E-state index contributed by atoms with van der Waals surface area (Å²) in [5, 5.41) is 21.8. The van der Waals surface area contributed by atoms with Gasteiger partial charge in [-0.1, -0.05) is 140 Å². The summed E-state index contributed by atoms with van der Waals surface area (Å²) in [6, 6.07) is -1.56. The number of hydrogen-bond acceptors (Lipinski definition) is 8. The third-order valence-electron chi connectivity index (χ3n) is 8.84. The highest BCUT2D eigenvalue weighted by Gasteiger charge is 2.28. The molecular formula is C43H76NO10P. The van der Waals surface area contributed by atoms with Crippen molar-refractivity contribution < 1.29 is 47.8 Å². The largest absolute Gasteiger partial charge is 0.480 e. The molecule has 0 aromatic carbocycles. The van der Waals surface area contributed by atoms with Crippen molar-refractivity contribution in [1.82, 2.24) is 5.32 Å². The molecule has 0 aliphatic carbocycles. The van der Waals surface area contributed by atoms with Crippen molar-refractivity contribution in [2.24, 2.45) is 0 Å². The Morgan fingerprint density at radius 1 is 0.582 bits per heavy atom. The molecule has 3 atom stereocenters. The number of esters is 1. The topological polar surface area (TPSA) is 169 Å². The molecule has 0 aliphatic rings. The molecule has 4 N–H and O–H groups in total. The summed E-state index contributed by atoms with van der Waals surface area (Å²) in [6.45, 7) is 2.49. The number of aliphatic carboxylic acids is 1. The van der Waals surface area contributed by atoms with E-state index in [1.807, 2.05) is 0 Å². The van der Waals surface area contributed by atoms with Crippen LogP contribution in [0.2, 0.25) is 0 Å². The van der Waals surface area contributed by atoms with Crippen molar-refractivity contribution in [3.63, 3.8) is 0 Å². The predicted molar refractivity (Wildman–Crippen MR) is 222 cm³/mol. The molecule has 0 aromatic heterocycles. The molecule has 318 valence electrons. The number of amides is 1. The van der Waals surface area contributed by atoms with Gasteiger partial charge in [0.1, 0.15) is 12.7 Å². The number of carbonyl (C=O) groups excluding carboxylic acids is 2. The van der Waals surface area contributed by atoms with Gasteiger partial charge in [0.25, 0.3) is 0 Å². The first-order valence-electron chi connectivity index (χ1n) is 21.2. The quantitative estimate of drug-likeness (QED) is 0.0203. The van der Waals surface area contributed by atoms with E-state index in [2.05, 4.69) is 67.8 Å². The van der Waals surface area contributed by atoms with Crippen LogP contribution in [-0.2, 0) is 32.7 Å². The van der Waals surface area contributed by atoms with Crippen molar-refractivity contribution >= 4 is 25.7 Å². The summed E-state index contributed by atoms with van der Waals surface area (Å²) in [7, 11) is -4.76. The fourth-order valence-electron chi connectivity index (χ4n) is 5.48. The average molecular weight is 798 g/mol. The van der Waals surface area contributed by atoms with Crippen LogP contribution in [0.25, 0.3) is 0 Å². The number of nitrogens with one attached hydrogen (secondary N) is 1. The van der Waals surface area contributed by atoms with Crippen LogP contribution in [0.1, 0.15) is 174 Å². The SMILES string of the molecule is CCCC/C=C\C/C=C\CCCCCCCC(=O)NC(COP(=O)(O)OCC(O)COC(=O)CCCCCCCCC/C=C\C/C=C\CCCCC)C(=O)O. The number of carboxylic acids is 1. The number of carboxylic acid groups (broad SMARTS) is 1. The Labute approximate surface area is 333 Å². The number of unbranched alkanes of at least 4 members (excludes halogenated alkanes) is 17. The van der Waals surface area contributed by atoms with E-state index in [1.165, 1.54) is 57.8 Å². The number of rotatable bonds is 39. The minimum absolute atomic E-state index is 0.127. The minimum atomic E-state index is -4.76. The molecule has 0 radical (unpaired) electrons. The summed E-state index contributed by atoms with van der Waals surface area (Å²) in [4.78, 5) is 45.8. The van der Waals surface area contributed by atoms with Gasteiger partial charge in [0.15, 0.2) is 6.04 Å². The van der Waals surface area contributed by atoms with Gasteiger partial charge < -0.3 is 25.2 Å². The maximum atomic E-state index is 12.3. The van der Waals surface area contributed by atoms with Gasteiger partial charge in [-0.25, -0.2) is 9.36 Å². The van der Waals surface area contributed by atoms with Gasteiger partial charge in [-0.2, -0.15) is 0 Å². The Balaban J connectivity index is 3.94. The molecule has 3 unspecified atom stereocenters. The molecule has 0 rings (SSSR count). The summed E-state index contributed by atoms with van der Waals surface area (Å²) < 4.78 is 26.8. The van der Waals surface area contributed by atoms with Gasteiger partial charge in [0, 0.05) is 12.8 Å². The smallest absolute Gasteiger partial charge is 0.472 e. The molecule has 12 heteroatoms. The van der Waals surface area contributed by atoms with E-state index in [1.54, 1.807) is 0 Å². The van der Waals surface area contributed by atoms with E-state index in [9.17, 15) is 34.1 Å². The molecule has 0 heterocycles. The van der Waals surface area contributed by atoms with Crippen molar-refractivity contribution in [3.8, 4) is 0 Å². The van der Waals surface area contributed by atoms with E-state index in [-0.39, 0.29) is 12.8 Å². The lowest BCUT2D eigenvalue weighted by Crippen LogP contribution is -2.43. The maximum Gasteiger partial charge on any atom is 0.472 e. The Hall–Kier alpha value is -2.56. The molecule has 1 amide bonds. The van der Waals surface area contributed by atoms with Crippen LogP contribution in [-0.4, -0.2) is 64.9 Å². The van der Waals surface area contributed by atoms with Crippen molar-refractivity contribution in [2.45, 2.75) is 187 Å². The van der Waals surface area contributed by atoms with Crippen LogP contribution < -0.4 is 5.32 Å². The van der Waals surface area contributed by atoms with E-state index >= 15 is 0 Å². The van der Waals surface area contributed by atoms with Crippen molar-refractivity contribution in [2.75, 3.05) is 19.8 Å². The number of carbonyl (C=O) groups is 3. The normalized spacial score (nSPS) is 14.3. The molecule has 0 bridgehead atoms. The zero-order valence-electron chi connectivity index (χ0n) is 34.2. The minimum Gasteiger partial charge on any atom is -0.480 e. The maximum absolute atomic E-state index is 12.3. The fraction of sp³-hybridized carbons (Fsp3) is 0.744. The Bertz CT molecular complexity index is 1120. The molecule has 11 nitrogen and oxygen atoms in total. The molecule has 0 aliphatic heterocycles. The van der Waals surface area contributed by atoms with Gasteiger partial charge >= 0.3 is 19.8 Å². The number of phosphoric acid groups is 1. The number of aliphatic hydroxyl groups excluding tert-OH is 1. The molecule has 0 fully saturated rings. The summed E-state index contributed by atoms with van der Waals surface area (Å²) >= 11 is 0. The zero-order chi connectivity index (χ0) is 40.7.